The highest BCUT2D eigenvalue weighted by Gasteiger charge is 2.01. The molecule has 0 aliphatic rings. The van der Waals surface area contributed by atoms with E-state index in [9.17, 15) is 5.11 Å². The molecule has 0 fully saturated rings. The lowest BCUT2D eigenvalue weighted by Crippen LogP contribution is -2.17. The average molecular weight is 119 g/mol. The lowest BCUT2D eigenvalue weighted by atomic mass is 10.4. The summed E-state index contributed by atoms with van der Waals surface area (Å²) < 4.78 is 9.13. The van der Waals surface area contributed by atoms with E-state index in [1.54, 1.807) is 0 Å². The average Bonchev–Trinajstić information content (AvgIpc) is 1.68. The summed E-state index contributed by atoms with van der Waals surface area (Å²) in [5, 5.41) is 10.5. The first-order chi connectivity index (χ1) is 3.81. The highest BCUT2D eigenvalue weighted by Crippen LogP contribution is 1.83. The lowest BCUT2D eigenvalue weighted by molar-refractivity contribution is -0.0302. The molecule has 0 N–H and O–H groups in total. The van der Waals surface area contributed by atoms with E-state index >= 15 is 0 Å². The predicted octanol–water partition coefficient (Wildman–Crippen LogP) is 0.0783. The minimum absolute atomic E-state index is 0.230. The maximum absolute atomic E-state index is 10.5. The third-order valence-electron chi connectivity index (χ3n) is 0.705. The molecule has 0 aromatic rings. The Morgan fingerprint density at radius 3 is 1.88 bits per heavy atom. The van der Waals surface area contributed by atoms with Gasteiger partial charge in [-0.2, -0.15) is 0 Å². The van der Waals surface area contributed by atoms with Crippen LogP contribution in [0.15, 0.2) is 0 Å². The van der Waals surface area contributed by atoms with E-state index in [0.717, 1.165) is 0 Å². The van der Waals surface area contributed by atoms with Crippen LogP contribution in [0.3, 0.4) is 0 Å². The third-order valence-corrected chi connectivity index (χ3v) is 0.705. The summed E-state index contributed by atoms with van der Waals surface area (Å²) in [6.45, 7) is 0.460. The van der Waals surface area contributed by atoms with Crippen LogP contribution < -0.4 is 0 Å². The first-order valence-corrected chi connectivity index (χ1v) is 2.45. The van der Waals surface area contributed by atoms with Crippen LogP contribution in [-0.2, 0) is 14.6 Å². The van der Waals surface area contributed by atoms with E-state index in [2.05, 4.69) is 9.47 Å². The van der Waals surface area contributed by atoms with Crippen molar-refractivity contribution in [3.8, 4) is 0 Å². The first-order valence-electron chi connectivity index (χ1n) is 2.45. The van der Waals surface area contributed by atoms with E-state index in [1.807, 2.05) is 0 Å². The van der Waals surface area contributed by atoms with E-state index in [-0.39, 0.29) is 13.2 Å². The second-order valence-corrected chi connectivity index (χ2v) is 1.53. The van der Waals surface area contributed by atoms with Gasteiger partial charge in [0, 0.05) is 14.2 Å². The Balaban J connectivity index is 2.92. The molecular formula is C5H11O3. The standard InChI is InChI=1S/C5H11O3/c1-7-3-5(6)4-8-2/h5H,3-4H2,1-2H3. The summed E-state index contributed by atoms with van der Waals surface area (Å²) in [5.41, 5.74) is 0. The Hall–Kier alpha value is -0.120. The zero-order valence-electron chi connectivity index (χ0n) is 5.22. The Morgan fingerprint density at radius 1 is 1.25 bits per heavy atom. The van der Waals surface area contributed by atoms with Gasteiger partial charge in [-0.15, -0.1) is 0 Å². The van der Waals surface area contributed by atoms with Crippen molar-refractivity contribution in [1.82, 2.24) is 0 Å². The molecule has 3 heteroatoms. The number of hydrogen-bond donors (Lipinski definition) is 0. The minimum Gasteiger partial charge on any atom is -0.382 e. The first kappa shape index (κ1) is 7.88. The van der Waals surface area contributed by atoms with Crippen LogP contribution in [0.5, 0.6) is 0 Å². The molecule has 0 bridgehead atoms. The number of rotatable bonds is 4. The smallest absolute Gasteiger partial charge is 0.139 e. The zero-order valence-corrected chi connectivity index (χ0v) is 5.22. The monoisotopic (exact) mass is 119 g/mol. The van der Waals surface area contributed by atoms with Gasteiger partial charge in [0.2, 0.25) is 0 Å². The molecule has 0 heterocycles. The van der Waals surface area contributed by atoms with Crippen LogP contribution in [-0.4, -0.2) is 33.5 Å². The van der Waals surface area contributed by atoms with Crippen molar-refractivity contribution in [3.05, 3.63) is 0 Å². The molecule has 0 spiro atoms. The third kappa shape index (κ3) is 4.05. The summed E-state index contributed by atoms with van der Waals surface area (Å²) in [5.74, 6) is 0. The van der Waals surface area contributed by atoms with Gasteiger partial charge in [-0.25, -0.2) is 5.11 Å². The summed E-state index contributed by atoms with van der Waals surface area (Å²) in [7, 11) is 3.00. The molecule has 3 nitrogen and oxygen atoms in total. The normalized spacial score (nSPS) is 10.5. The van der Waals surface area contributed by atoms with Crippen molar-refractivity contribution < 1.29 is 14.6 Å². The molecule has 0 aliphatic carbocycles. The number of methoxy groups -OCH3 is 2. The maximum atomic E-state index is 10.5. The molecular weight excluding hydrogens is 108 g/mol. The molecule has 0 atom stereocenters. The fourth-order valence-electron chi connectivity index (χ4n) is 0.420. The molecule has 0 aromatic heterocycles. The molecule has 0 amide bonds. The summed E-state index contributed by atoms with van der Waals surface area (Å²) >= 11 is 0. The summed E-state index contributed by atoms with van der Waals surface area (Å²) in [4.78, 5) is 0. The summed E-state index contributed by atoms with van der Waals surface area (Å²) in [6.07, 6.45) is -0.731. The zero-order chi connectivity index (χ0) is 6.41. The van der Waals surface area contributed by atoms with Crippen molar-refractivity contribution in [2.24, 2.45) is 0 Å². The Morgan fingerprint density at radius 2 is 1.62 bits per heavy atom. The van der Waals surface area contributed by atoms with Gasteiger partial charge >= 0.3 is 0 Å². The predicted molar refractivity (Wildman–Crippen MR) is 28.2 cm³/mol. The van der Waals surface area contributed by atoms with Crippen LogP contribution in [0.25, 0.3) is 0 Å². The Bertz CT molecular complexity index is 40.9. The van der Waals surface area contributed by atoms with Crippen LogP contribution >= 0.6 is 0 Å². The molecule has 0 aromatic carbocycles. The molecule has 49 valence electrons. The Labute approximate surface area is 49.2 Å². The fraction of sp³-hybridized carbons (Fsp3) is 1.00. The highest BCUT2D eigenvalue weighted by atomic mass is 16.5. The second-order valence-electron chi connectivity index (χ2n) is 1.53. The van der Waals surface area contributed by atoms with E-state index in [0.29, 0.717) is 0 Å². The van der Waals surface area contributed by atoms with E-state index in [1.165, 1.54) is 14.2 Å². The fourth-order valence-corrected chi connectivity index (χ4v) is 0.420. The molecule has 0 saturated heterocycles. The van der Waals surface area contributed by atoms with Gasteiger partial charge in [0.05, 0.1) is 13.2 Å². The molecule has 0 unspecified atom stereocenters. The van der Waals surface area contributed by atoms with Crippen molar-refractivity contribution in [1.29, 1.82) is 0 Å². The highest BCUT2D eigenvalue weighted by molar-refractivity contribution is 4.47. The Kier molecular flexibility index (Phi) is 4.95. The van der Waals surface area contributed by atoms with Gasteiger partial charge in [-0.05, 0) is 0 Å². The topological polar surface area (TPSA) is 38.4 Å². The number of hydrogen-bond acceptors (Lipinski definition) is 2. The SMILES string of the molecule is COCC([O])COC. The largest absolute Gasteiger partial charge is 0.382 e. The van der Waals surface area contributed by atoms with Gasteiger partial charge in [0.25, 0.3) is 0 Å². The van der Waals surface area contributed by atoms with Crippen LogP contribution in [0.2, 0.25) is 0 Å². The lowest BCUT2D eigenvalue weighted by Gasteiger charge is -2.03. The van der Waals surface area contributed by atoms with Crippen molar-refractivity contribution in [3.63, 3.8) is 0 Å². The number of ether oxygens (including phenoxy) is 2. The van der Waals surface area contributed by atoms with Gasteiger partial charge in [-0.1, -0.05) is 0 Å². The van der Waals surface area contributed by atoms with E-state index < -0.39 is 6.10 Å². The maximum Gasteiger partial charge on any atom is 0.139 e. The van der Waals surface area contributed by atoms with Gasteiger partial charge in [0.1, 0.15) is 6.10 Å². The van der Waals surface area contributed by atoms with E-state index in [4.69, 9.17) is 0 Å². The van der Waals surface area contributed by atoms with Gasteiger partial charge in [0.15, 0.2) is 0 Å². The summed E-state index contributed by atoms with van der Waals surface area (Å²) in [6, 6.07) is 0. The van der Waals surface area contributed by atoms with Crippen LogP contribution in [0, 0.1) is 0 Å². The molecule has 0 saturated carbocycles. The van der Waals surface area contributed by atoms with Crippen LogP contribution in [0.1, 0.15) is 0 Å². The molecule has 1 radical (unpaired) electrons. The molecule has 0 rings (SSSR count). The molecule has 8 heavy (non-hydrogen) atoms. The second kappa shape index (κ2) is 5.03. The van der Waals surface area contributed by atoms with Gasteiger partial charge < -0.3 is 9.47 Å². The van der Waals surface area contributed by atoms with Crippen molar-refractivity contribution in [2.45, 2.75) is 6.10 Å². The molecule has 0 aliphatic heterocycles. The quantitative estimate of drug-likeness (QED) is 0.525. The van der Waals surface area contributed by atoms with Gasteiger partial charge in [-0.3, -0.25) is 0 Å². The van der Waals surface area contributed by atoms with Crippen molar-refractivity contribution in [2.75, 3.05) is 27.4 Å². The minimum atomic E-state index is -0.731. The van der Waals surface area contributed by atoms with Crippen LogP contribution in [0.4, 0.5) is 0 Å². The van der Waals surface area contributed by atoms with Crippen molar-refractivity contribution >= 4 is 0 Å².